The van der Waals surface area contributed by atoms with Crippen LogP contribution in [0.4, 0.5) is 5.69 Å². The summed E-state index contributed by atoms with van der Waals surface area (Å²) < 4.78 is 7.58. The van der Waals surface area contributed by atoms with Crippen LogP contribution in [0.25, 0.3) is 0 Å². The second-order valence-electron chi connectivity index (χ2n) is 6.08. The zero-order valence-corrected chi connectivity index (χ0v) is 14.3. The van der Waals surface area contributed by atoms with Crippen LogP contribution in [-0.4, -0.2) is 21.6 Å². The third kappa shape index (κ3) is 4.70. The quantitative estimate of drug-likeness (QED) is 0.741. The molecular weight excluding hydrogens is 314 g/mol. The Labute approximate surface area is 147 Å². The Hall–Kier alpha value is -3.08. The van der Waals surface area contributed by atoms with Gasteiger partial charge < -0.3 is 14.6 Å². The van der Waals surface area contributed by atoms with Crippen LogP contribution in [-0.2, 0) is 6.54 Å². The number of aromatic nitrogens is 2. The van der Waals surface area contributed by atoms with E-state index in [-0.39, 0.29) is 12.0 Å². The fourth-order valence-electron chi connectivity index (χ4n) is 2.44. The van der Waals surface area contributed by atoms with Gasteiger partial charge in [0.1, 0.15) is 5.75 Å². The van der Waals surface area contributed by atoms with Crippen LogP contribution in [0.2, 0.25) is 0 Å². The summed E-state index contributed by atoms with van der Waals surface area (Å²) in [6.07, 6.45) is 5.56. The van der Waals surface area contributed by atoms with Gasteiger partial charge in [0.2, 0.25) is 0 Å². The predicted octanol–water partition coefficient (Wildman–Crippen LogP) is 3.97. The van der Waals surface area contributed by atoms with Gasteiger partial charge in [0, 0.05) is 30.2 Å². The van der Waals surface area contributed by atoms with Crippen molar-refractivity contribution in [2.45, 2.75) is 26.5 Å². The van der Waals surface area contributed by atoms with Crippen LogP contribution in [0, 0.1) is 0 Å². The summed E-state index contributed by atoms with van der Waals surface area (Å²) in [5.74, 6) is 0.656. The van der Waals surface area contributed by atoms with Crippen molar-refractivity contribution in [3.63, 3.8) is 0 Å². The first kappa shape index (κ1) is 16.8. The fourth-order valence-corrected chi connectivity index (χ4v) is 2.44. The average Bonchev–Trinajstić information content (AvgIpc) is 3.10. The molecule has 128 valence electrons. The zero-order valence-electron chi connectivity index (χ0n) is 14.3. The first-order valence-corrected chi connectivity index (χ1v) is 8.23. The maximum atomic E-state index is 12.3. The fraction of sp³-hybridized carbons (Fsp3) is 0.200. The van der Waals surface area contributed by atoms with Crippen molar-refractivity contribution in [3.05, 3.63) is 78.4 Å². The minimum atomic E-state index is -0.133. The molecule has 1 heterocycles. The highest BCUT2D eigenvalue weighted by Gasteiger charge is 2.07. The Balaban J connectivity index is 1.61. The molecule has 0 spiro atoms. The minimum Gasteiger partial charge on any atom is -0.491 e. The lowest BCUT2D eigenvalue weighted by molar-refractivity contribution is 0.102. The number of carbonyl (C=O) groups excluding carboxylic acids is 1. The number of nitrogens with zero attached hydrogens (tertiary/aromatic N) is 2. The Kier molecular flexibility index (Phi) is 5.14. The molecule has 2 aromatic carbocycles. The molecule has 0 fully saturated rings. The summed E-state index contributed by atoms with van der Waals surface area (Å²) in [4.78, 5) is 16.4. The van der Waals surface area contributed by atoms with Gasteiger partial charge in [0.15, 0.2) is 0 Å². The van der Waals surface area contributed by atoms with Gasteiger partial charge in [-0.1, -0.05) is 12.1 Å². The molecule has 0 unspecified atom stereocenters. The number of benzene rings is 2. The van der Waals surface area contributed by atoms with Crippen LogP contribution in [0.1, 0.15) is 29.8 Å². The monoisotopic (exact) mass is 335 g/mol. The largest absolute Gasteiger partial charge is 0.491 e. The number of ether oxygens (including phenoxy) is 1. The number of anilines is 1. The topological polar surface area (TPSA) is 56.1 Å². The molecule has 3 aromatic rings. The summed E-state index contributed by atoms with van der Waals surface area (Å²) in [5.41, 5.74) is 2.48. The lowest BCUT2D eigenvalue weighted by Crippen LogP contribution is -2.12. The van der Waals surface area contributed by atoms with Crippen LogP contribution in [0.15, 0.2) is 67.3 Å². The SMILES string of the molecule is CC(C)Oc1ccc(NC(=O)c2ccc(Cn3ccnc3)cc2)cc1. The van der Waals surface area contributed by atoms with E-state index in [0.29, 0.717) is 5.56 Å². The number of rotatable bonds is 6. The minimum absolute atomic E-state index is 0.126. The Morgan fingerprint density at radius 1 is 1.12 bits per heavy atom. The second kappa shape index (κ2) is 7.66. The second-order valence-corrected chi connectivity index (χ2v) is 6.08. The molecule has 0 saturated heterocycles. The van der Waals surface area contributed by atoms with Gasteiger partial charge >= 0.3 is 0 Å². The van der Waals surface area contributed by atoms with Crippen molar-refractivity contribution in [2.24, 2.45) is 0 Å². The third-order valence-electron chi connectivity index (χ3n) is 3.62. The Morgan fingerprint density at radius 2 is 1.84 bits per heavy atom. The standard InChI is InChI=1S/C20H21N3O2/c1-15(2)25-19-9-7-18(8-10-19)22-20(24)17-5-3-16(4-6-17)13-23-12-11-21-14-23/h3-12,14-15H,13H2,1-2H3,(H,22,24). The number of carbonyl (C=O) groups is 1. The van der Waals surface area contributed by atoms with E-state index < -0.39 is 0 Å². The van der Waals surface area contributed by atoms with E-state index in [1.54, 1.807) is 12.5 Å². The average molecular weight is 335 g/mol. The third-order valence-corrected chi connectivity index (χ3v) is 3.62. The Bertz CT molecular complexity index is 807. The summed E-state index contributed by atoms with van der Waals surface area (Å²) in [6.45, 7) is 4.69. The smallest absolute Gasteiger partial charge is 0.255 e. The normalized spacial score (nSPS) is 10.7. The van der Waals surface area contributed by atoms with Crippen LogP contribution < -0.4 is 10.1 Å². The van der Waals surface area contributed by atoms with Crippen LogP contribution in [0.3, 0.4) is 0 Å². The van der Waals surface area contributed by atoms with Crippen LogP contribution >= 0.6 is 0 Å². The first-order chi connectivity index (χ1) is 12.1. The molecule has 25 heavy (non-hydrogen) atoms. The highest BCUT2D eigenvalue weighted by atomic mass is 16.5. The van der Waals surface area contributed by atoms with E-state index in [1.165, 1.54) is 0 Å². The van der Waals surface area contributed by atoms with Gasteiger partial charge in [-0.15, -0.1) is 0 Å². The summed E-state index contributed by atoms with van der Waals surface area (Å²) in [7, 11) is 0. The van der Waals surface area contributed by atoms with E-state index in [2.05, 4.69) is 10.3 Å². The van der Waals surface area contributed by atoms with Crippen LogP contribution in [0.5, 0.6) is 5.75 Å². The number of amides is 1. The lowest BCUT2D eigenvalue weighted by atomic mass is 10.1. The maximum Gasteiger partial charge on any atom is 0.255 e. The van der Waals surface area contributed by atoms with Crippen molar-refractivity contribution in [2.75, 3.05) is 5.32 Å². The number of imidazole rings is 1. The van der Waals surface area contributed by atoms with E-state index in [0.717, 1.165) is 23.5 Å². The summed E-state index contributed by atoms with van der Waals surface area (Å²) >= 11 is 0. The molecule has 0 atom stereocenters. The van der Waals surface area contributed by atoms with Crippen molar-refractivity contribution in [3.8, 4) is 5.75 Å². The summed E-state index contributed by atoms with van der Waals surface area (Å²) in [6, 6.07) is 14.9. The molecule has 0 aliphatic rings. The molecule has 5 heteroatoms. The number of nitrogens with one attached hydrogen (secondary N) is 1. The van der Waals surface area contributed by atoms with Gasteiger partial charge in [-0.2, -0.15) is 0 Å². The van der Waals surface area contributed by atoms with Gasteiger partial charge in [-0.3, -0.25) is 4.79 Å². The molecule has 0 bridgehead atoms. The molecule has 1 aromatic heterocycles. The first-order valence-electron chi connectivity index (χ1n) is 8.23. The molecule has 1 N–H and O–H groups in total. The number of hydrogen-bond donors (Lipinski definition) is 1. The molecule has 1 amide bonds. The highest BCUT2D eigenvalue weighted by molar-refractivity contribution is 6.04. The van der Waals surface area contributed by atoms with Crippen molar-refractivity contribution < 1.29 is 9.53 Å². The van der Waals surface area contributed by atoms with Crippen molar-refractivity contribution in [1.29, 1.82) is 0 Å². The van der Waals surface area contributed by atoms with Gasteiger partial charge in [0.25, 0.3) is 5.91 Å². The van der Waals surface area contributed by atoms with E-state index in [1.807, 2.05) is 73.1 Å². The molecule has 5 nitrogen and oxygen atoms in total. The lowest BCUT2D eigenvalue weighted by Gasteiger charge is -2.11. The molecule has 3 rings (SSSR count). The molecule has 0 saturated carbocycles. The van der Waals surface area contributed by atoms with Gasteiger partial charge in [0.05, 0.1) is 12.4 Å². The van der Waals surface area contributed by atoms with Crippen molar-refractivity contribution >= 4 is 11.6 Å². The zero-order chi connectivity index (χ0) is 17.6. The summed E-state index contributed by atoms with van der Waals surface area (Å²) in [5, 5.41) is 2.89. The van der Waals surface area contributed by atoms with Gasteiger partial charge in [-0.25, -0.2) is 4.98 Å². The van der Waals surface area contributed by atoms with Crippen molar-refractivity contribution in [1.82, 2.24) is 9.55 Å². The number of hydrogen-bond acceptors (Lipinski definition) is 3. The highest BCUT2D eigenvalue weighted by Crippen LogP contribution is 2.18. The molecule has 0 radical (unpaired) electrons. The van der Waals surface area contributed by atoms with E-state index in [9.17, 15) is 4.79 Å². The van der Waals surface area contributed by atoms with E-state index in [4.69, 9.17) is 4.74 Å². The Morgan fingerprint density at radius 3 is 2.44 bits per heavy atom. The molecule has 0 aliphatic heterocycles. The molecular formula is C20H21N3O2. The van der Waals surface area contributed by atoms with E-state index >= 15 is 0 Å². The maximum absolute atomic E-state index is 12.3. The van der Waals surface area contributed by atoms with Gasteiger partial charge in [-0.05, 0) is 55.8 Å². The molecule has 0 aliphatic carbocycles. The predicted molar refractivity (Wildman–Crippen MR) is 97.9 cm³/mol.